The van der Waals surface area contributed by atoms with E-state index in [0.29, 0.717) is 13.2 Å². The summed E-state index contributed by atoms with van der Waals surface area (Å²) < 4.78 is 5.14. The highest BCUT2D eigenvalue weighted by atomic mass is 35.5. The summed E-state index contributed by atoms with van der Waals surface area (Å²) in [6, 6.07) is 7.64. The summed E-state index contributed by atoms with van der Waals surface area (Å²) in [5.74, 6) is 5.48. The van der Waals surface area contributed by atoms with Crippen molar-refractivity contribution >= 4 is 11.6 Å². The molecule has 0 atom stereocenters. The Balaban J connectivity index is 2.28. The van der Waals surface area contributed by atoms with E-state index in [2.05, 4.69) is 5.43 Å². The molecule has 0 bridgehead atoms. The summed E-state index contributed by atoms with van der Waals surface area (Å²) in [5.41, 5.74) is 3.70. The zero-order chi connectivity index (χ0) is 9.31. The molecule has 0 unspecified atom stereocenters. The van der Waals surface area contributed by atoms with Crippen LogP contribution >= 0.6 is 11.6 Å². The molecule has 1 aliphatic heterocycles. The van der Waals surface area contributed by atoms with Crippen LogP contribution in [0.15, 0.2) is 24.3 Å². The number of rotatable bonds is 2. The SMILES string of the molecule is NNC1(c2ccc(Cl)cc2)COC1. The second-order valence-electron chi connectivity index (χ2n) is 3.23. The van der Waals surface area contributed by atoms with E-state index in [9.17, 15) is 0 Å². The number of nitrogens with one attached hydrogen (secondary N) is 1. The van der Waals surface area contributed by atoms with Crippen molar-refractivity contribution in [1.82, 2.24) is 5.43 Å². The second-order valence-corrected chi connectivity index (χ2v) is 3.66. The van der Waals surface area contributed by atoms with Gasteiger partial charge in [-0.3, -0.25) is 5.84 Å². The number of halogens is 1. The normalized spacial score (nSPS) is 19.5. The van der Waals surface area contributed by atoms with Crippen LogP contribution in [0.25, 0.3) is 0 Å². The summed E-state index contributed by atoms with van der Waals surface area (Å²) in [6.45, 7) is 1.23. The Labute approximate surface area is 81.8 Å². The number of hydrogen-bond acceptors (Lipinski definition) is 3. The number of hydrazine groups is 1. The molecule has 1 saturated heterocycles. The topological polar surface area (TPSA) is 47.3 Å². The van der Waals surface area contributed by atoms with Crippen molar-refractivity contribution in [3.8, 4) is 0 Å². The summed E-state index contributed by atoms with van der Waals surface area (Å²) in [5, 5.41) is 0.733. The Kier molecular flexibility index (Phi) is 2.26. The van der Waals surface area contributed by atoms with Gasteiger partial charge in [0.25, 0.3) is 0 Å². The first kappa shape index (κ1) is 8.97. The molecular formula is C9H11ClN2O. The molecule has 0 radical (unpaired) electrons. The molecule has 3 nitrogen and oxygen atoms in total. The van der Waals surface area contributed by atoms with E-state index >= 15 is 0 Å². The van der Waals surface area contributed by atoms with Gasteiger partial charge in [-0.2, -0.15) is 0 Å². The summed E-state index contributed by atoms with van der Waals surface area (Å²) >= 11 is 5.78. The molecule has 13 heavy (non-hydrogen) atoms. The van der Waals surface area contributed by atoms with Gasteiger partial charge in [-0.15, -0.1) is 0 Å². The largest absolute Gasteiger partial charge is 0.377 e. The van der Waals surface area contributed by atoms with Gasteiger partial charge in [0, 0.05) is 5.02 Å². The molecule has 1 aliphatic rings. The van der Waals surface area contributed by atoms with E-state index in [-0.39, 0.29) is 5.54 Å². The van der Waals surface area contributed by atoms with Crippen LogP contribution in [0.1, 0.15) is 5.56 Å². The zero-order valence-corrected chi connectivity index (χ0v) is 7.84. The van der Waals surface area contributed by atoms with E-state index in [4.69, 9.17) is 22.2 Å². The van der Waals surface area contributed by atoms with Crippen LogP contribution in [-0.2, 0) is 10.3 Å². The van der Waals surface area contributed by atoms with Gasteiger partial charge in [-0.25, -0.2) is 5.43 Å². The van der Waals surface area contributed by atoms with E-state index in [1.54, 1.807) is 0 Å². The van der Waals surface area contributed by atoms with Gasteiger partial charge in [0.2, 0.25) is 0 Å². The Morgan fingerprint density at radius 3 is 2.31 bits per heavy atom. The third kappa shape index (κ3) is 1.44. The Hall–Kier alpha value is -0.610. The third-order valence-electron chi connectivity index (χ3n) is 2.37. The molecule has 2 rings (SSSR count). The fourth-order valence-electron chi connectivity index (χ4n) is 1.41. The predicted molar refractivity (Wildman–Crippen MR) is 51.3 cm³/mol. The molecule has 1 aromatic carbocycles. The fourth-order valence-corrected chi connectivity index (χ4v) is 1.53. The predicted octanol–water partition coefficient (Wildman–Crippen LogP) is 1.03. The molecule has 3 N–H and O–H groups in total. The zero-order valence-electron chi connectivity index (χ0n) is 7.09. The lowest BCUT2D eigenvalue weighted by Crippen LogP contribution is -2.60. The van der Waals surface area contributed by atoms with Crippen LogP contribution in [0.4, 0.5) is 0 Å². The second kappa shape index (κ2) is 3.27. The van der Waals surface area contributed by atoms with E-state index in [1.807, 2.05) is 24.3 Å². The first-order valence-corrected chi connectivity index (χ1v) is 4.46. The molecule has 4 heteroatoms. The van der Waals surface area contributed by atoms with Crippen molar-refractivity contribution in [2.75, 3.05) is 13.2 Å². The van der Waals surface area contributed by atoms with Gasteiger partial charge in [0.05, 0.1) is 13.2 Å². The summed E-state index contributed by atoms with van der Waals surface area (Å²) in [7, 11) is 0. The molecule has 0 aromatic heterocycles. The average molecular weight is 199 g/mol. The third-order valence-corrected chi connectivity index (χ3v) is 2.62. The minimum Gasteiger partial charge on any atom is -0.377 e. The van der Waals surface area contributed by atoms with Crippen LogP contribution < -0.4 is 11.3 Å². The van der Waals surface area contributed by atoms with Crippen molar-refractivity contribution in [3.63, 3.8) is 0 Å². The maximum absolute atomic E-state index is 5.78. The lowest BCUT2D eigenvalue weighted by Gasteiger charge is -2.41. The Morgan fingerprint density at radius 2 is 1.92 bits per heavy atom. The molecular weight excluding hydrogens is 188 g/mol. The standard InChI is InChI=1S/C9H11ClN2O/c10-8-3-1-7(2-4-8)9(12-11)5-13-6-9/h1-4,12H,5-6,11H2. The Bertz CT molecular complexity index is 289. The van der Waals surface area contributed by atoms with Crippen LogP contribution in [0.3, 0.4) is 0 Å². The summed E-state index contributed by atoms with van der Waals surface area (Å²) in [6.07, 6.45) is 0. The number of nitrogens with two attached hydrogens (primary N) is 1. The number of ether oxygens (including phenoxy) is 1. The van der Waals surface area contributed by atoms with E-state index < -0.39 is 0 Å². The monoisotopic (exact) mass is 198 g/mol. The molecule has 1 fully saturated rings. The van der Waals surface area contributed by atoms with Gasteiger partial charge in [0.1, 0.15) is 5.54 Å². The molecule has 0 amide bonds. The maximum Gasteiger partial charge on any atom is 0.103 e. The molecule has 0 saturated carbocycles. The van der Waals surface area contributed by atoms with Crippen molar-refractivity contribution in [2.45, 2.75) is 5.54 Å². The van der Waals surface area contributed by atoms with Crippen LogP contribution in [0.2, 0.25) is 5.02 Å². The molecule has 1 aromatic rings. The van der Waals surface area contributed by atoms with Gasteiger partial charge >= 0.3 is 0 Å². The molecule has 0 spiro atoms. The van der Waals surface area contributed by atoms with Gasteiger partial charge in [-0.05, 0) is 17.7 Å². The van der Waals surface area contributed by atoms with Crippen molar-refractivity contribution < 1.29 is 4.74 Å². The fraction of sp³-hybridized carbons (Fsp3) is 0.333. The van der Waals surface area contributed by atoms with Gasteiger partial charge in [-0.1, -0.05) is 23.7 Å². The van der Waals surface area contributed by atoms with Crippen molar-refractivity contribution in [2.24, 2.45) is 5.84 Å². The van der Waals surface area contributed by atoms with Gasteiger partial charge < -0.3 is 4.74 Å². The highest BCUT2D eigenvalue weighted by Crippen LogP contribution is 2.29. The number of hydrogen-bond donors (Lipinski definition) is 2. The maximum atomic E-state index is 5.78. The number of benzene rings is 1. The van der Waals surface area contributed by atoms with Crippen LogP contribution in [-0.4, -0.2) is 13.2 Å². The van der Waals surface area contributed by atoms with Crippen LogP contribution in [0, 0.1) is 0 Å². The lowest BCUT2D eigenvalue weighted by atomic mass is 9.89. The van der Waals surface area contributed by atoms with E-state index in [1.165, 1.54) is 0 Å². The smallest absolute Gasteiger partial charge is 0.103 e. The quantitative estimate of drug-likeness (QED) is 0.551. The summed E-state index contributed by atoms with van der Waals surface area (Å²) in [4.78, 5) is 0. The van der Waals surface area contributed by atoms with Crippen molar-refractivity contribution in [3.05, 3.63) is 34.9 Å². The lowest BCUT2D eigenvalue weighted by molar-refractivity contribution is -0.0786. The minimum absolute atomic E-state index is 0.204. The first-order chi connectivity index (χ1) is 6.27. The molecule has 0 aliphatic carbocycles. The Morgan fingerprint density at radius 1 is 1.31 bits per heavy atom. The molecule has 1 heterocycles. The molecule has 70 valence electrons. The first-order valence-electron chi connectivity index (χ1n) is 4.08. The van der Waals surface area contributed by atoms with Crippen LogP contribution in [0.5, 0.6) is 0 Å². The highest BCUT2D eigenvalue weighted by molar-refractivity contribution is 6.30. The average Bonchev–Trinajstić information content (AvgIpc) is 2.07. The van der Waals surface area contributed by atoms with Crippen molar-refractivity contribution in [1.29, 1.82) is 0 Å². The van der Waals surface area contributed by atoms with Gasteiger partial charge in [0.15, 0.2) is 0 Å². The minimum atomic E-state index is -0.204. The van der Waals surface area contributed by atoms with E-state index in [0.717, 1.165) is 10.6 Å². The highest BCUT2D eigenvalue weighted by Gasteiger charge is 2.39.